The number of carboxylic acid groups (broad SMARTS) is 1. The van der Waals surface area contributed by atoms with E-state index in [1.54, 1.807) is 0 Å². The lowest BCUT2D eigenvalue weighted by Gasteiger charge is -2.11. The van der Waals surface area contributed by atoms with Gasteiger partial charge < -0.3 is 19.3 Å². The van der Waals surface area contributed by atoms with Crippen LogP contribution in [0.2, 0.25) is 0 Å². The van der Waals surface area contributed by atoms with Gasteiger partial charge in [0.1, 0.15) is 5.56 Å². The maximum Gasteiger partial charge on any atom is 0.513 e. The van der Waals surface area contributed by atoms with Crippen LogP contribution in [0.25, 0.3) is 0 Å². The summed E-state index contributed by atoms with van der Waals surface area (Å²) in [5.41, 5.74) is 0.0141. The molecule has 25 heavy (non-hydrogen) atoms. The first-order chi connectivity index (χ1) is 12.0. The van der Waals surface area contributed by atoms with Gasteiger partial charge in [-0.15, -0.1) is 0 Å². The van der Waals surface area contributed by atoms with Crippen LogP contribution in [-0.4, -0.2) is 36.5 Å². The van der Waals surface area contributed by atoms with Crippen molar-refractivity contribution in [3.05, 3.63) is 23.8 Å². The van der Waals surface area contributed by atoms with Crippen molar-refractivity contribution in [3.63, 3.8) is 0 Å². The molecule has 1 aromatic rings. The fourth-order valence-electron chi connectivity index (χ4n) is 1.74. The third kappa shape index (κ3) is 7.56. The highest BCUT2D eigenvalue weighted by atomic mass is 16.7. The van der Waals surface area contributed by atoms with Gasteiger partial charge in [-0.1, -0.05) is 26.7 Å². The van der Waals surface area contributed by atoms with Crippen molar-refractivity contribution in [3.8, 4) is 5.75 Å². The first kappa shape index (κ1) is 20.3. The Hall–Kier alpha value is -2.77. The number of carbonyl (C=O) groups is 3. The highest BCUT2D eigenvalue weighted by molar-refractivity contribution is 5.93. The van der Waals surface area contributed by atoms with Crippen LogP contribution >= 0.6 is 0 Å². The van der Waals surface area contributed by atoms with Gasteiger partial charge in [0.2, 0.25) is 0 Å². The highest BCUT2D eigenvalue weighted by Gasteiger charge is 2.17. The second-order valence-corrected chi connectivity index (χ2v) is 5.18. The molecule has 2 N–H and O–H groups in total. The largest absolute Gasteiger partial charge is 0.513 e. The topological polar surface area (TPSA) is 111 Å². The van der Waals surface area contributed by atoms with E-state index in [4.69, 9.17) is 19.3 Å². The van der Waals surface area contributed by atoms with Crippen LogP contribution in [0.3, 0.4) is 0 Å². The molecule has 1 rings (SSSR count). The van der Waals surface area contributed by atoms with Crippen LogP contribution in [0, 0.1) is 0 Å². The average molecular weight is 353 g/mol. The van der Waals surface area contributed by atoms with Crippen molar-refractivity contribution in [2.24, 2.45) is 0 Å². The van der Waals surface area contributed by atoms with E-state index in [2.05, 4.69) is 5.32 Å². The van der Waals surface area contributed by atoms with E-state index < -0.39 is 18.2 Å². The summed E-state index contributed by atoms with van der Waals surface area (Å²) in [6, 6.07) is 3.82. The van der Waals surface area contributed by atoms with Gasteiger partial charge in [0.05, 0.1) is 13.2 Å². The lowest BCUT2D eigenvalue weighted by atomic mass is 10.2. The Morgan fingerprint density at radius 1 is 1.04 bits per heavy atom. The lowest BCUT2D eigenvalue weighted by molar-refractivity contribution is 0.0689. The number of benzene rings is 1. The number of aromatic carboxylic acids is 1. The Bertz CT molecular complexity index is 601. The van der Waals surface area contributed by atoms with E-state index in [9.17, 15) is 14.4 Å². The second-order valence-electron chi connectivity index (χ2n) is 5.18. The van der Waals surface area contributed by atoms with Gasteiger partial charge in [0.25, 0.3) is 0 Å². The summed E-state index contributed by atoms with van der Waals surface area (Å²) >= 11 is 0. The van der Waals surface area contributed by atoms with Crippen molar-refractivity contribution in [1.29, 1.82) is 0 Å². The van der Waals surface area contributed by atoms with Crippen molar-refractivity contribution >= 4 is 23.9 Å². The molecule has 8 heteroatoms. The van der Waals surface area contributed by atoms with Crippen molar-refractivity contribution in [2.75, 3.05) is 18.5 Å². The van der Waals surface area contributed by atoms with Crippen molar-refractivity contribution in [1.82, 2.24) is 0 Å². The zero-order valence-corrected chi connectivity index (χ0v) is 14.4. The number of hydrogen-bond acceptors (Lipinski definition) is 6. The Morgan fingerprint density at radius 2 is 1.68 bits per heavy atom. The predicted molar refractivity (Wildman–Crippen MR) is 90.2 cm³/mol. The first-order valence-corrected chi connectivity index (χ1v) is 8.13. The van der Waals surface area contributed by atoms with E-state index >= 15 is 0 Å². The summed E-state index contributed by atoms with van der Waals surface area (Å²) in [6.07, 6.45) is 1.47. The molecule has 0 aliphatic rings. The highest BCUT2D eigenvalue weighted by Crippen LogP contribution is 2.24. The third-order valence-electron chi connectivity index (χ3n) is 3.10. The quantitative estimate of drug-likeness (QED) is 0.391. The molecule has 0 saturated heterocycles. The first-order valence-electron chi connectivity index (χ1n) is 8.13. The predicted octanol–water partition coefficient (Wildman–Crippen LogP) is 4.05. The molecule has 0 saturated carbocycles. The number of carbonyl (C=O) groups excluding carboxylic acids is 2. The minimum Gasteiger partial charge on any atom is -0.478 e. The Kier molecular flexibility index (Phi) is 8.84. The fraction of sp³-hybridized carbons (Fsp3) is 0.471. The minimum absolute atomic E-state index is 0.180. The van der Waals surface area contributed by atoms with Crippen LogP contribution in [0.5, 0.6) is 5.75 Å². The molecule has 0 aliphatic heterocycles. The third-order valence-corrected chi connectivity index (χ3v) is 3.10. The molecule has 8 nitrogen and oxygen atoms in total. The molecule has 0 spiro atoms. The summed E-state index contributed by atoms with van der Waals surface area (Å²) in [7, 11) is 0. The van der Waals surface area contributed by atoms with Gasteiger partial charge in [0.15, 0.2) is 5.75 Å². The van der Waals surface area contributed by atoms with Gasteiger partial charge in [-0.2, -0.15) is 0 Å². The smallest absolute Gasteiger partial charge is 0.478 e. The number of carboxylic acids is 1. The number of unbranched alkanes of at least 4 members (excludes halogenated alkanes) is 2. The number of nitrogens with one attached hydrogen (secondary N) is 1. The standard InChI is InChI=1S/C17H23NO7/c1-3-5-9-23-16(21)18-12-7-8-13(15(19)20)14(11-12)25-17(22)24-10-6-4-2/h7-8,11H,3-6,9-10H2,1-2H3,(H,18,21)(H,19,20). The lowest BCUT2D eigenvalue weighted by Crippen LogP contribution is -2.16. The maximum atomic E-state index is 11.6. The van der Waals surface area contributed by atoms with E-state index in [1.165, 1.54) is 18.2 Å². The van der Waals surface area contributed by atoms with E-state index in [-0.39, 0.29) is 30.2 Å². The Morgan fingerprint density at radius 3 is 2.28 bits per heavy atom. The molecule has 0 aliphatic carbocycles. The summed E-state index contributed by atoms with van der Waals surface area (Å²) in [5.74, 6) is -1.49. The summed E-state index contributed by atoms with van der Waals surface area (Å²) in [4.78, 5) is 34.5. The molecule has 0 unspecified atom stereocenters. The molecule has 0 bridgehead atoms. The van der Waals surface area contributed by atoms with Crippen molar-refractivity contribution < 1.29 is 33.7 Å². The van der Waals surface area contributed by atoms with E-state index in [0.29, 0.717) is 6.42 Å². The van der Waals surface area contributed by atoms with Crippen LogP contribution in [-0.2, 0) is 9.47 Å². The van der Waals surface area contributed by atoms with Gasteiger partial charge in [-0.05, 0) is 25.0 Å². The van der Waals surface area contributed by atoms with Crippen LogP contribution in [0.1, 0.15) is 49.9 Å². The number of ether oxygens (including phenoxy) is 3. The second kappa shape index (κ2) is 10.9. The van der Waals surface area contributed by atoms with Crippen LogP contribution in [0.15, 0.2) is 18.2 Å². The molecule has 1 amide bonds. The molecule has 0 aromatic heterocycles. The van der Waals surface area contributed by atoms with Crippen molar-refractivity contribution in [2.45, 2.75) is 39.5 Å². The number of amides is 1. The maximum absolute atomic E-state index is 11.6. The molecule has 1 aromatic carbocycles. The molecule has 0 radical (unpaired) electrons. The fourth-order valence-corrected chi connectivity index (χ4v) is 1.74. The molecule has 0 heterocycles. The van der Waals surface area contributed by atoms with Gasteiger partial charge in [-0.25, -0.2) is 14.4 Å². The number of anilines is 1. The van der Waals surface area contributed by atoms with Crippen LogP contribution < -0.4 is 10.1 Å². The zero-order valence-electron chi connectivity index (χ0n) is 14.4. The summed E-state index contributed by atoms with van der Waals surface area (Å²) in [5, 5.41) is 11.6. The SMILES string of the molecule is CCCCOC(=O)Nc1ccc(C(=O)O)c(OC(=O)OCCCC)c1. The number of rotatable bonds is 9. The molecular weight excluding hydrogens is 330 g/mol. The minimum atomic E-state index is -1.27. The van der Waals surface area contributed by atoms with Gasteiger partial charge in [0, 0.05) is 11.8 Å². The summed E-state index contributed by atoms with van der Waals surface area (Å²) in [6.45, 7) is 4.36. The van der Waals surface area contributed by atoms with E-state index in [1.807, 2.05) is 13.8 Å². The molecular formula is C17H23NO7. The molecule has 0 fully saturated rings. The Balaban J connectivity index is 2.78. The monoisotopic (exact) mass is 353 g/mol. The normalized spacial score (nSPS) is 10.0. The molecule has 138 valence electrons. The summed E-state index contributed by atoms with van der Waals surface area (Å²) < 4.78 is 14.7. The van der Waals surface area contributed by atoms with E-state index in [0.717, 1.165) is 19.3 Å². The van der Waals surface area contributed by atoms with Gasteiger partial charge in [-0.3, -0.25) is 5.32 Å². The zero-order chi connectivity index (χ0) is 18.7. The molecule has 0 atom stereocenters. The van der Waals surface area contributed by atoms with Crippen LogP contribution in [0.4, 0.5) is 15.3 Å². The Labute approximate surface area is 146 Å². The average Bonchev–Trinajstić information content (AvgIpc) is 2.55. The van der Waals surface area contributed by atoms with Gasteiger partial charge >= 0.3 is 18.2 Å². The number of hydrogen-bond donors (Lipinski definition) is 2.